The molecule has 0 amide bonds. The largest absolute Gasteiger partial charge is 0.298 e. The first-order valence-electron chi connectivity index (χ1n) is 7.72. The molecule has 0 bridgehead atoms. The third-order valence-electron chi connectivity index (χ3n) is 3.95. The zero-order valence-corrected chi connectivity index (χ0v) is 13.5. The van der Waals surface area contributed by atoms with Gasteiger partial charge < -0.3 is 0 Å². The fourth-order valence-corrected chi connectivity index (χ4v) is 2.98. The SMILES string of the molecule is CC(C)NC(C)(C#N)CC(C)N(CC1CC1)C(C)C. The lowest BCUT2D eigenvalue weighted by Gasteiger charge is -2.37. The molecule has 1 saturated carbocycles. The third-order valence-corrected chi connectivity index (χ3v) is 3.95. The van der Waals surface area contributed by atoms with Crippen LogP contribution in [0.5, 0.6) is 0 Å². The lowest BCUT2D eigenvalue weighted by molar-refractivity contribution is 0.131. The lowest BCUT2D eigenvalue weighted by atomic mass is 9.93. The Morgan fingerprint density at radius 1 is 1.26 bits per heavy atom. The first kappa shape index (κ1) is 16.5. The summed E-state index contributed by atoms with van der Waals surface area (Å²) in [4.78, 5) is 2.56. The van der Waals surface area contributed by atoms with Gasteiger partial charge in [0, 0.05) is 24.7 Å². The first-order chi connectivity index (χ1) is 8.77. The molecular formula is C16H31N3. The average Bonchev–Trinajstić information content (AvgIpc) is 3.07. The number of rotatable bonds is 8. The van der Waals surface area contributed by atoms with E-state index < -0.39 is 5.54 Å². The second kappa shape index (κ2) is 6.72. The molecule has 1 N–H and O–H groups in total. The van der Waals surface area contributed by atoms with Crippen LogP contribution in [0.4, 0.5) is 0 Å². The van der Waals surface area contributed by atoms with E-state index in [0.29, 0.717) is 18.1 Å². The Morgan fingerprint density at radius 2 is 1.84 bits per heavy atom. The first-order valence-corrected chi connectivity index (χ1v) is 7.72. The fraction of sp³-hybridized carbons (Fsp3) is 0.938. The minimum absolute atomic E-state index is 0.341. The lowest BCUT2D eigenvalue weighted by Crippen LogP contribution is -2.51. The molecule has 1 aliphatic rings. The average molecular weight is 265 g/mol. The van der Waals surface area contributed by atoms with Gasteiger partial charge in [-0.2, -0.15) is 5.26 Å². The van der Waals surface area contributed by atoms with Gasteiger partial charge in [-0.1, -0.05) is 0 Å². The van der Waals surface area contributed by atoms with E-state index in [1.165, 1.54) is 19.4 Å². The van der Waals surface area contributed by atoms with Crippen molar-refractivity contribution in [3.8, 4) is 6.07 Å². The van der Waals surface area contributed by atoms with Crippen LogP contribution in [0.3, 0.4) is 0 Å². The predicted molar refractivity (Wildman–Crippen MR) is 80.9 cm³/mol. The van der Waals surface area contributed by atoms with Crippen molar-refractivity contribution in [3.63, 3.8) is 0 Å². The molecule has 0 aromatic heterocycles. The van der Waals surface area contributed by atoms with Crippen molar-refractivity contribution in [1.29, 1.82) is 5.26 Å². The van der Waals surface area contributed by atoms with Gasteiger partial charge in [0.05, 0.1) is 6.07 Å². The molecule has 0 saturated heterocycles. The molecular weight excluding hydrogens is 234 g/mol. The quantitative estimate of drug-likeness (QED) is 0.732. The summed E-state index contributed by atoms with van der Waals surface area (Å²) in [6, 6.07) is 3.80. The van der Waals surface area contributed by atoms with Gasteiger partial charge >= 0.3 is 0 Å². The minimum atomic E-state index is -0.426. The van der Waals surface area contributed by atoms with Crippen molar-refractivity contribution < 1.29 is 0 Å². The maximum Gasteiger partial charge on any atom is 0.105 e. The van der Waals surface area contributed by atoms with E-state index in [1.807, 2.05) is 6.92 Å². The molecule has 0 heterocycles. The second-order valence-electron chi connectivity index (χ2n) is 7.03. The molecule has 110 valence electrons. The van der Waals surface area contributed by atoms with Crippen molar-refractivity contribution in [2.45, 2.75) is 84.5 Å². The van der Waals surface area contributed by atoms with Crippen molar-refractivity contribution in [2.75, 3.05) is 6.54 Å². The summed E-state index contributed by atoms with van der Waals surface area (Å²) < 4.78 is 0. The number of hydrogen-bond acceptors (Lipinski definition) is 3. The molecule has 3 nitrogen and oxygen atoms in total. The van der Waals surface area contributed by atoms with Crippen molar-refractivity contribution in [1.82, 2.24) is 10.2 Å². The van der Waals surface area contributed by atoms with E-state index in [2.05, 4.69) is 50.9 Å². The predicted octanol–water partition coefficient (Wildman–Crippen LogP) is 3.17. The molecule has 3 heteroatoms. The number of hydrogen-bond donors (Lipinski definition) is 1. The van der Waals surface area contributed by atoms with Crippen LogP contribution in [-0.4, -0.2) is 35.1 Å². The summed E-state index contributed by atoms with van der Waals surface area (Å²) in [5.41, 5.74) is -0.426. The molecule has 1 fully saturated rings. The standard InChI is InChI=1S/C16H31N3/c1-12(2)18-16(6,11-17)9-14(5)19(13(3)4)10-15-7-8-15/h12-15,18H,7-10H2,1-6H3. The van der Waals surface area contributed by atoms with E-state index in [0.717, 1.165) is 12.3 Å². The third kappa shape index (κ3) is 5.50. The van der Waals surface area contributed by atoms with E-state index >= 15 is 0 Å². The van der Waals surface area contributed by atoms with Gasteiger partial charge in [0.2, 0.25) is 0 Å². The van der Waals surface area contributed by atoms with E-state index in [9.17, 15) is 5.26 Å². The summed E-state index contributed by atoms with van der Waals surface area (Å²) in [5.74, 6) is 0.899. The van der Waals surface area contributed by atoms with Gasteiger partial charge in [-0.05, 0) is 66.7 Å². The topological polar surface area (TPSA) is 39.1 Å². The van der Waals surface area contributed by atoms with Gasteiger partial charge in [-0.3, -0.25) is 10.2 Å². The number of nitriles is 1. The molecule has 19 heavy (non-hydrogen) atoms. The summed E-state index contributed by atoms with van der Waals surface area (Å²) in [7, 11) is 0. The second-order valence-corrected chi connectivity index (χ2v) is 7.03. The van der Waals surface area contributed by atoms with Crippen molar-refractivity contribution in [2.24, 2.45) is 5.92 Å². The summed E-state index contributed by atoms with van der Waals surface area (Å²) >= 11 is 0. The van der Waals surface area contributed by atoms with Crippen LogP contribution in [-0.2, 0) is 0 Å². The van der Waals surface area contributed by atoms with Crippen LogP contribution in [0, 0.1) is 17.2 Å². The van der Waals surface area contributed by atoms with Gasteiger partial charge in [0.1, 0.15) is 5.54 Å². The Hall–Kier alpha value is -0.590. The van der Waals surface area contributed by atoms with Crippen LogP contribution in [0.15, 0.2) is 0 Å². The van der Waals surface area contributed by atoms with Gasteiger partial charge in [-0.15, -0.1) is 0 Å². The summed E-state index contributed by atoms with van der Waals surface area (Å²) in [6.07, 6.45) is 3.65. The highest BCUT2D eigenvalue weighted by Gasteiger charge is 2.33. The van der Waals surface area contributed by atoms with E-state index in [4.69, 9.17) is 0 Å². The zero-order chi connectivity index (χ0) is 14.6. The van der Waals surface area contributed by atoms with Crippen LogP contribution in [0.2, 0.25) is 0 Å². The summed E-state index contributed by atoms with van der Waals surface area (Å²) in [5, 5.41) is 12.9. The van der Waals surface area contributed by atoms with Crippen LogP contribution in [0.1, 0.15) is 60.8 Å². The molecule has 2 unspecified atom stereocenters. The normalized spacial score (nSPS) is 20.6. The maximum atomic E-state index is 9.47. The van der Waals surface area contributed by atoms with E-state index in [-0.39, 0.29) is 0 Å². The van der Waals surface area contributed by atoms with Crippen LogP contribution >= 0.6 is 0 Å². The van der Waals surface area contributed by atoms with Crippen LogP contribution < -0.4 is 5.32 Å². The molecule has 1 rings (SSSR count). The number of nitrogens with zero attached hydrogens (tertiary/aromatic N) is 2. The highest BCUT2D eigenvalue weighted by atomic mass is 15.2. The molecule has 2 atom stereocenters. The van der Waals surface area contributed by atoms with Gasteiger partial charge in [0.25, 0.3) is 0 Å². The molecule has 0 aromatic carbocycles. The number of nitrogens with one attached hydrogen (secondary N) is 1. The molecule has 0 aliphatic heterocycles. The smallest absolute Gasteiger partial charge is 0.105 e. The van der Waals surface area contributed by atoms with Crippen LogP contribution in [0.25, 0.3) is 0 Å². The maximum absolute atomic E-state index is 9.47. The minimum Gasteiger partial charge on any atom is -0.298 e. The van der Waals surface area contributed by atoms with E-state index in [1.54, 1.807) is 0 Å². The Bertz CT molecular complexity index is 314. The van der Waals surface area contributed by atoms with Crippen molar-refractivity contribution in [3.05, 3.63) is 0 Å². The molecule has 0 spiro atoms. The monoisotopic (exact) mass is 265 g/mol. The fourth-order valence-electron chi connectivity index (χ4n) is 2.98. The van der Waals surface area contributed by atoms with Gasteiger partial charge in [0.15, 0.2) is 0 Å². The highest BCUT2D eigenvalue weighted by Crippen LogP contribution is 2.32. The molecule has 1 aliphatic carbocycles. The highest BCUT2D eigenvalue weighted by molar-refractivity contribution is 5.06. The zero-order valence-electron chi connectivity index (χ0n) is 13.5. The Balaban J connectivity index is 2.62. The Morgan fingerprint density at radius 3 is 2.21 bits per heavy atom. The van der Waals surface area contributed by atoms with Gasteiger partial charge in [-0.25, -0.2) is 0 Å². The van der Waals surface area contributed by atoms with Crippen molar-refractivity contribution >= 4 is 0 Å². The molecule has 0 aromatic rings. The Kier molecular flexibility index (Phi) is 5.82. The summed E-state index contributed by atoms with van der Waals surface area (Å²) in [6.45, 7) is 14.2. The Labute approximate surface area is 119 Å². The molecule has 0 radical (unpaired) electrons.